The number of aromatic nitrogens is 2. The molecule has 0 saturated heterocycles. The molecule has 0 atom stereocenters. The first-order valence-corrected chi connectivity index (χ1v) is 8.53. The van der Waals surface area contributed by atoms with Crippen LogP contribution in [0.5, 0.6) is 5.75 Å². The average molecular weight is 340 g/mol. The van der Waals surface area contributed by atoms with Gasteiger partial charge < -0.3 is 20.2 Å². The van der Waals surface area contributed by atoms with Crippen LogP contribution in [-0.2, 0) is 6.54 Å². The number of oxime groups is 1. The minimum absolute atomic E-state index is 0.293. The summed E-state index contributed by atoms with van der Waals surface area (Å²) in [5, 5.41) is 14.1. The van der Waals surface area contributed by atoms with E-state index >= 15 is 0 Å². The number of aryl methyl sites for hydroxylation is 2. The van der Waals surface area contributed by atoms with Crippen molar-refractivity contribution in [2.75, 3.05) is 7.11 Å². The molecule has 0 saturated carbocycles. The molecule has 1 aromatic carbocycles. The second-order valence-electron chi connectivity index (χ2n) is 6.23. The summed E-state index contributed by atoms with van der Waals surface area (Å²) in [7, 11) is 1.69. The van der Waals surface area contributed by atoms with Crippen molar-refractivity contribution in [3.8, 4) is 5.75 Å². The van der Waals surface area contributed by atoms with Gasteiger partial charge in [0.05, 0.1) is 23.8 Å². The van der Waals surface area contributed by atoms with Crippen molar-refractivity contribution in [1.82, 2.24) is 9.55 Å². The second kappa shape index (κ2) is 7.42. The van der Waals surface area contributed by atoms with Crippen molar-refractivity contribution < 1.29 is 9.94 Å². The number of hydrogen-bond donors (Lipinski definition) is 2. The molecule has 6 heteroatoms. The molecule has 2 aromatic heterocycles. The Morgan fingerprint density at radius 2 is 2.08 bits per heavy atom. The number of hydrogen-bond acceptors (Lipinski definition) is 4. The smallest absolute Gasteiger partial charge is 0.139 e. The molecule has 6 nitrogen and oxygen atoms in total. The average Bonchev–Trinajstić information content (AvgIpc) is 2.95. The van der Waals surface area contributed by atoms with E-state index in [1.165, 1.54) is 21.8 Å². The summed E-state index contributed by atoms with van der Waals surface area (Å²) >= 11 is 0. The van der Waals surface area contributed by atoms with E-state index in [1.807, 2.05) is 19.2 Å². The van der Waals surface area contributed by atoms with E-state index < -0.39 is 0 Å². The van der Waals surface area contributed by atoms with Gasteiger partial charge in [0.25, 0.3) is 0 Å². The van der Waals surface area contributed by atoms with Gasteiger partial charge in [0.2, 0.25) is 0 Å². The van der Waals surface area contributed by atoms with Gasteiger partial charge in [-0.2, -0.15) is 0 Å². The molecule has 3 N–H and O–H groups in total. The standard InChI is InChI=1S/C19H24N4O2/c1-13-19-16(9-10-21-13)15-8-7-14(25-2)12-17(15)23(19)11-5-3-4-6-18(20)22-24/h7-10,12,24H,3-6,11H2,1-2H3,(H2,20,22). The van der Waals surface area contributed by atoms with Crippen molar-refractivity contribution >= 4 is 27.6 Å². The summed E-state index contributed by atoms with van der Waals surface area (Å²) in [6.45, 7) is 2.95. The van der Waals surface area contributed by atoms with Crippen molar-refractivity contribution in [3.63, 3.8) is 0 Å². The molecular formula is C19H24N4O2. The van der Waals surface area contributed by atoms with Crippen LogP contribution in [0.2, 0.25) is 0 Å². The number of rotatable bonds is 7. The first-order valence-electron chi connectivity index (χ1n) is 8.53. The summed E-state index contributed by atoms with van der Waals surface area (Å²) in [5.41, 5.74) is 8.91. The van der Waals surface area contributed by atoms with Gasteiger partial charge in [0.1, 0.15) is 11.6 Å². The number of nitrogens with two attached hydrogens (primary N) is 1. The highest BCUT2D eigenvalue weighted by Crippen LogP contribution is 2.32. The molecule has 0 fully saturated rings. The monoisotopic (exact) mass is 340 g/mol. The van der Waals surface area contributed by atoms with Gasteiger partial charge in [0, 0.05) is 36.0 Å². The maximum absolute atomic E-state index is 8.60. The fourth-order valence-corrected chi connectivity index (χ4v) is 3.36. The molecule has 0 aliphatic carbocycles. The van der Waals surface area contributed by atoms with Gasteiger partial charge in [-0.1, -0.05) is 11.6 Å². The van der Waals surface area contributed by atoms with Crippen LogP contribution in [-0.4, -0.2) is 27.7 Å². The number of methoxy groups -OCH3 is 1. The third-order valence-corrected chi connectivity index (χ3v) is 4.61. The Morgan fingerprint density at radius 1 is 1.24 bits per heavy atom. The lowest BCUT2D eigenvalue weighted by atomic mass is 10.1. The number of pyridine rings is 1. The third-order valence-electron chi connectivity index (χ3n) is 4.61. The molecule has 0 aliphatic rings. The lowest BCUT2D eigenvalue weighted by Crippen LogP contribution is -2.10. The highest BCUT2D eigenvalue weighted by molar-refractivity contribution is 6.09. The summed E-state index contributed by atoms with van der Waals surface area (Å²) < 4.78 is 7.74. The molecule has 3 rings (SSSR count). The molecule has 3 aromatic rings. The summed E-state index contributed by atoms with van der Waals surface area (Å²) in [4.78, 5) is 4.47. The van der Waals surface area contributed by atoms with Gasteiger partial charge in [-0.25, -0.2) is 0 Å². The predicted molar refractivity (Wildman–Crippen MR) is 100 cm³/mol. The van der Waals surface area contributed by atoms with Crippen LogP contribution in [0, 0.1) is 6.92 Å². The number of unbranched alkanes of at least 4 members (excludes halogenated alkanes) is 2. The quantitative estimate of drug-likeness (QED) is 0.225. The van der Waals surface area contributed by atoms with Crippen LogP contribution in [0.15, 0.2) is 35.6 Å². The fraction of sp³-hybridized carbons (Fsp3) is 0.368. The molecule has 0 amide bonds. The highest BCUT2D eigenvalue weighted by Gasteiger charge is 2.13. The van der Waals surface area contributed by atoms with Crippen molar-refractivity contribution in [2.45, 2.75) is 39.2 Å². The zero-order valence-electron chi connectivity index (χ0n) is 14.7. The molecule has 0 bridgehead atoms. The fourth-order valence-electron chi connectivity index (χ4n) is 3.36. The van der Waals surface area contributed by atoms with Gasteiger partial charge in [-0.15, -0.1) is 0 Å². The van der Waals surface area contributed by atoms with E-state index in [9.17, 15) is 0 Å². The number of amidine groups is 1. The van der Waals surface area contributed by atoms with Gasteiger partial charge in [0.15, 0.2) is 0 Å². The third kappa shape index (κ3) is 3.38. The van der Waals surface area contributed by atoms with Crippen LogP contribution in [0.3, 0.4) is 0 Å². The Morgan fingerprint density at radius 3 is 2.84 bits per heavy atom. The molecule has 0 spiro atoms. The minimum Gasteiger partial charge on any atom is -0.497 e. The zero-order valence-corrected chi connectivity index (χ0v) is 14.7. The normalized spacial score (nSPS) is 12.2. The number of benzene rings is 1. The molecule has 0 radical (unpaired) electrons. The Balaban J connectivity index is 1.91. The SMILES string of the molecule is COc1ccc2c3ccnc(C)c3n(CCCCCC(N)=NO)c2c1. The van der Waals surface area contributed by atoms with Crippen LogP contribution < -0.4 is 10.5 Å². The molecule has 0 unspecified atom stereocenters. The Labute approximate surface area is 146 Å². The second-order valence-corrected chi connectivity index (χ2v) is 6.23. The molecule has 132 valence electrons. The van der Waals surface area contributed by atoms with E-state index in [-0.39, 0.29) is 0 Å². The molecule has 0 aliphatic heterocycles. The van der Waals surface area contributed by atoms with Crippen LogP contribution in [0.25, 0.3) is 21.8 Å². The topological polar surface area (TPSA) is 85.7 Å². The van der Waals surface area contributed by atoms with Gasteiger partial charge in [-0.3, -0.25) is 4.98 Å². The summed E-state index contributed by atoms with van der Waals surface area (Å²) in [6, 6.07) is 8.28. The maximum Gasteiger partial charge on any atom is 0.139 e. The maximum atomic E-state index is 8.60. The van der Waals surface area contributed by atoms with E-state index in [0.29, 0.717) is 12.3 Å². The molecule has 25 heavy (non-hydrogen) atoms. The van der Waals surface area contributed by atoms with Crippen molar-refractivity contribution in [3.05, 3.63) is 36.2 Å². The number of nitrogens with zero attached hydrogens (tertiary/aromatic N) is 3. The number of fused-ring (bicyclic) bond motifs is 3. The minimum atomic E-state index is 0.293. The Kier molecular flexibility index (Phi) is 5.07. The highest BCUT2D eigenvalue weighted by atomic mass is 16.5. The van der Waals surface area contributed by atoms with Crippen LogP contribution >= 0.6 is 0 Å². The first kappa shape index (κ1) is 17.1. The molecule has 2 heterocycles. The lowest BCUT2D eigenvalue weighted by Gasteiger charge is -2.09. The van der Waals surface area contributed by atoms with Crippen LogP contribution in [0.4, 0.5) is 0 Å². The van der Waals surface area contributed by atoms with Gasteiger partial charge in [-0.05, 0) is 38.0 Å². The Hall–Kier alpha value is -2.76. The van der Waals surface area contributed by atoms with Crippen molar-refractivity contribution in [1.29, 1.82) is 0 Å². The zero-order chi connectivity index (χ0) is 17.8. The van der Waals surface area contributed by atoms with E-state index in [1.54, 1.807) is 7.11 Å². The lowest BCUT2D eigenvalue weighted by molar-refractivity contribution is 0.316. The van der Waals surface area contributed by atoms with Crippen molar-refractivity contribution in [2.24, 2.45) is 10.9 Å². The molecular weight excluding hydrogens is 316 g/mol. The Bertz CT molecular complexity index is 915. The summed E-state index contributed by atoms with van der Waals surface area (Å²) in [6.07, 6.45) is 5.43. The summed E-state index contributed by atoms with van der Waals surface area (Å²) in [5.74, 6) is 1.15. The number of ether oxygens (including phenoxy) is 1. The van der Waals surface area contributed by atoms with Crippen LogP contribution in [0.1, 0.15) is 31.4 Å². The largest absolute Gasteiger partial charge is 0.497 e. The first-order chi connectivity index (χ1) is 12.2. The predicted octanol–water partition coefficient (Wildman–Crippen LogP) is 3.81. The van der Waals surface area contributed by atoms with E-state index in [0.717, 1.165) is 37.3 Å². The van der Waals surface area contributed by atoms with Gasteiger partial charge >= 0.3 is 0 Å². The van der Waals surface area contributed by atoms with E-state index in [4.69, 9.17) is 15.7 Å². The van der Waals surface area contributed by atoms with E-state index in [2.05, 4.69) is 32.9 Å².